The molecule has 4 rings (SSSR count). The Kier molecular flexibility index (Phi) is 4.60. The average molecular weight is 423 g/mol. The summed E-state index contributed by atoms with van der Waals surface area (Å²) in [5, 5.41) is 1.22. The molecule has 1 aliphatic rings. The highest BCUT2D eigenvalue weighted by molar-refractivity contribution is 9.13. The van der Waals surface area contributed by atoms with E-state index in [1.165, 1.54) is 27.6 Å². The molecule has 3 heteroatoms. The molecule has 0 radical (unpaired) electrons. The molecule has 3 aromatic carbocycles. The normalized spacial score (nSPS) is 19.8. The molecular weight excluding hydrogens is 407 g/mol. The lowest BCUT2D eigenvalue weighted by molar-refractivity contribution is 1.59. The number of allylic oxidation sites excluding steroid dienone is 2. The summed E-state index contributed by atoms with van der Waals surface area (Å²) in [7, 11) is 0. The summed E-state index contributed by atoms with van der Waals surface area (Å²) in [5.41, 5.74) is 4.86. The fraction of sp³-hybridized carbons (Fsp3) is 0. The van der Waals surface area contributed by atoms with Crippen LogP contribution in [0.2, 0.25) is 0 Å². The van der Waals surface area contributed by atoms with Crippen molar-refractivity contribution in [2.75, 3.05) is 0 Å². The van der Waals surface area contributed by atoms with Gasteiger partial charge in [0.05, 0.1) is 0 Å². The maximum absolute atomic E-state index is 6.24. The van der Waals surface area contributed by atoms with E-state index in [-0.39, 0.29) is 0 Å². The summed E-state index contributed by atoms with van der Waals surface area (Å²) < 4.78 is 1.14. The molecule has 0 aromatic heterocycles. The number of benzene rings is 3. The number of hydrogen-bond donors (Lipinski definition) is 0. The van der Waals surface area contributed by atoms with Gasteiger partial charge in [0.2, 0.25) is 0 Å². The molecule has 0 saturated carbocycles. The van der Waals surface area contributed by atoms with Crippen LogP contribution in [0, 0.1) is 0 Å². The first-order chi connectivity index (χ1) is 12.2. The molecule has 0 N–H and O–H groups in total. The number of hydrogen-bond acceptors (Lipinski definition) is 1. The van der Waals surface area contributed by atoms with Gasteiger partial charge in [-0.1, -0.05) is 103 Å². The van der Waals surface area contributed by atoms with Crippen LogP contribution in [0.3, 0.4) is 0 Å². The smallest absolute Gasteiger partial charge is 0.0447 e. The highest BCUT2D eigenvalue weighted by atomic mass is 79.9. The van der Waals surface area contributed by atoms with Crippen molar-refractivity contribution in [2.24, 2.45) is 0 Å². The molecule has 0 amide bonds. The predicted molar refractivity (Wildman–Crippen MR) is 117 cm³/mol. The molecule has 25 heavy (non-hydrogen) atoms. The van der Waals surface area contributed by atoms with Crippen molar-refractivity contribution < 1.29 is 0 Å². The molecule has 1 aliphatic heterocycles. The van der Waals surface area contributed by atoms with E-state index in [1.54, 1.807) is 0 Å². The van der Waals surface area contributed by atoms with Crippen LogP contribution in [0.4, 0.5) is 0 Å². The maximum atomic E-state index is 6.24. The second-order valence-corrected chi connectivity index (χ2v) is 11.6. The van der Waals surface area contributed by atoms with Crippen molar-refractivity contribution in [1.29, 1.82) is 0 Å². The zero-order valence-electron chi connectivity index (χ0n) is 13.5. The first-order valence-corrected chi connectivity index (χ1v) is 11.8. The lowest BCUT2D eigenvalue weighted by Gasteiger charge is -2.15. The number of halogens is 1. The second-order valence-electron chi connectivity index (χ2n) is 5.93. The van der Waals surface area contributed by atoms with E-state index in [9.17, 15) is 0 Å². The third-order valence-corrected chi connectivity index (χ3v) is 11.1. The molecule has 122 valence electrons. The molecule has 0 nitrogen and oxygen atoms in total. The van der Waals surface area contributed by atoms with Gasteiger partial charge in [-0.3, -0.25) is 0 Å². The van der Waals surface area contributed by atoms with E-state index < -0.39 is 6.04 Å². The fourth-order valence-electron chi connectivity index (χ4n) is 3.13. The Morgan fingerprint density at radius 2 is 1.12 bits per heavy atom. The Morgan fingerprint density at radius 3 is 1.68 bits per heavy atom. The molecular formula is C22H16BrPS. The summed E-state index contributed by atoms with van der Waals surface area (Å²) in [6, 6.07) is 29.5. The minimum atomic E-state index is -1.99. The van der Waals surface area contributed by atoms with Gasteiger partial charge < -0.3 is 0 Å². The average Bonchev–Trinajstić information content (AvgIpc) is 2.96. The van der Waals surface area contributed by atoms with Crippen molar-refractivity contribution in [3.63, 3.8) is 0 Å². The van der Waals surface area contributed by atoms with Crippen molar-refractivity contribution in [3.8, 4) is 0 Å². The zero-order chi connectivity index (χ0) is 17.3. The van der Waals surface area contributed by atoms with Crippen LogP contribution in [0.5, 0.6) is 0 Å². The molecule has 0 spiro atoms. The summed E-state index contributed by atoms with van der Waals surface area (Å²) >= 11 is 10.2. The molecule has 0 bridgehead atoms. The highest BCUT2D eigenvalue weighted by Gasteiger charge is 2.33. The Hall–Kier alpha value is -1.73. The van der Waals surface area contributed by atoms with Gasteiger partial charge in [-0.25, -0.2) is 0 Å². The van der Waals surface area contributed by atoms with E-state index in [0.29, 0.717) is 0 Å². The molecule has 0 fully saturated rings. The zero-order valence-corrected chi connectivity index (χ0v) is 16.8. The first kappa shape index (κ1) is 16.7. The van der Waals surface area contributed by atoms with Crippen LogP contribution in [-0.2, 0) is 11.8 Å². The van der Waals surface area contributed by atoms with Crippen LogP contribution in [0.25, 0.3) is 11.1 Å². The van der Waals surface area contributed by atoms with E-state index in [2.05, 4.69) is 94.5 Å². The van der Waals surface area contributed by atoms with Crippen LogP contribution in [0.1, 0.15) is 11.1 Å². The minimum Gasteiger partial charge on any atom is -0.0826 e. The van der Waals surface area contributed by atoms with E-state index in [4.69, 9.17) is 11.8 Å². The number of rotatable bonds is 3. The Bertz CT molecular complexity index is 1010. The van der Waals surface area contributed by atoms with Crippen molar-refractivity contribution >= 4 is 50.2 Å². The van der Waals surface area contributed by atoms with Gasteiger partial charge in [-0.05, 0) is 43.8 Å². The Labute approximate surface area is 162 Å². The molecule has 1 unspecified atom stereocenters. The van der Waals surface area contributed by atoms with Crippen molar-refractivity contribution in [3.05, 3.63) is 112 Å². The van der Waals surface area contributed by atoms with Gasteiger partial charge in [-0.15, -0.1) is 0 Å². The molecule has 1 heterocycles. The second kappa shape index (κ2) is 6.88. The lowest BCUT2D eigenvalue weighted by atomic mass is 9.95. The van der Waals surface area contributed by atoms with Gasteiger partial charge in [0, 0.05) is 15.8 Å². The Balaban J connectivity index is 1.98. The summed E-state index contributed by atoms with van der Waals surface area (Å²) in [6.45, 7) is 0. The molecule has 0 aliphatic carbocycles. The standard InChI is InChI=1S/C22H16BrPS/c23-22-21(18-12-6-2-7-13-18)20(17-10-4-1-5-11-17)16-24(22,25)19-14-8-3-9-15-19/h1-16H. The van der Waals surface area contributed by atoms with Crippen molar-refractivity contribution in [2.45, 2.75) is 0 Å². The largest absolute Gasteiger partial charge is 0.0826 e. The molecule has 0 saturated heterocycles. The van der Waals surface area contributed by atoms with Gasteiger partial charge in [-0.2, -0.15) is 0 Å². The molecule has 3 aromatic rings. The fourth-order valence-corrected chi connectivity index (χ4v) is 7.78. The lowest BCUT2D eigenvalue weighted by Crippen LogP contribution is -2.00. The minimum absolute atomic E-state index is 1.14. The van der Waals surface area contributed by atoms with E-state index in [0.717, 1.165) is 4.22 Å². The van der Waals surface area contributed by atoms with Crippen molar-refractivity contribution in [1.82, 2.24) is 0 Å². The highest BCUT2D eigenvalue weighted by Crippen LogP contribution is 2.67. The van der Waals surface area contributed by atoms with Crippen LogP contribution in [0.15, 0.2) is 101 Å². The SMILES string of the molecule is S=P1(c2ccccc2)C=C(c2ccccc2)C(c2ccccc2)=C1Br. The van der Waals surface area contributed by atoms with E-state index >= 15 is 0 Å². The quantitative estimate of drug-likeness (QED) is 0.427. The first-order valence-electron chi connectivity index (χ1n) is 8.10. The van der Waals surface area contributed by atoms with Gasteiger partial charge in [0.15, 0.2) is 0 Å². The molecule has 1 atom stereocenters. The van der Waals surface area contributed by atoms with Crippen LogP contribution in [-0.4, -0.2) is 0 Å². The summed E-state index contributed by atoms with van der Waals surface area (Å²) in [6.07, 6.45) is 0. The predicted octanol–water partition coefficient (Wildman–Crippen LogP) is 6.61. The van der Waals surface area contributed by atoms with Crippen LogP contribution >= 0.6 is 22.0 Å². The summed E-state index contributed by atoms with van der Waals surface area (Å²) in [5.74, 6) is 2.32. The topological polar surface area (TPSA) is 0 Å². The Morgan fingerprint density at radius 1 is 0.640 bits per heavy atom. The van der Waals surface area contributed by atoms with E-state index in [1.807, 2.05) is 18.2 Å². The third-order valence-electron chi connectivity index (χ3n) is 4.37. The third kappa shape index (κ3) is 3.00. The van der Waals surface area contributed by atoms with Gasteiger partial charge >= 0.3 is 0 Å². The monoisotopic (exact) mass is 422 g/mol. The van der Waals surface area contributed by atoms with Gasteiger partial charge in [0.25, 0.3) is 0 Å². The van der Waals surface area contributed by atoms with Gasteiger partial charge in [0.1, 0.15) is 0 Å². The summed E-state index contributed by atoms with van der Waals surface area (Å²) in [4.78, 5) is 0. The van der Waals surface area contributed by atoms with Crippen LogP contribution < -0.4 is 5.30 Å². The maximum Gasteiger partial charge on any atom is 0.0447 e.